The molecule has 0 unspecified atom stereocenters. The Morgan fingerprint density at radius 2 is 1.46 bits per heavy atom. The molecule has 6 heteroatoms. The Morgan fingerprint density at radius 1 is 0.923 bits per heavy atom. The summed E-state index contributed by atoms with van der Waals surface area (Å²) in [5, 5.41) is 0. The van der Waals surface area contributed by atoms with E-state index in [9.17, 15) is 18.4 Å². The van der Waals surface area contributed by atoms with E-state index >= 15 is 0 Å². The lowest BCUT2D eigenvalue weighted by atomic mass is 9.96. The van der Waals surface area contributed by atoms with Crippen LogP contribution in [0.2, 0.25) is 0 Å². The number of carbonyl (C=O) groups is 2. The lowest BCUT2D eigenvalue weighted by Crippen LogP contribution is -2.40. The van der Waals surface area contributed by atoms with Crippen molar-refractivity contribution in [3.8, 4) is 0 Å². The largest absolute Gasteiger partial charge is 0.461 e. The van der Waals surface area contributed by atoms with Crippen molar-refractivity contribution < 1.29 is 23.1 Å². The van der Waals surface area contributed by atoms with E-state index in [1.165, 1.54) is 36.4 Å². The summed E-state index contributed by atoms with van der Waals surface area (Å²) in [7, 11) is 0. The smallest absolute Gasteiger partial charge is 0.309 e. The van der Waals surface area contributed by atoms with Gasteiger partial charge in [-0.2, -0.15) is 0 Å². The number of esters is 1. The van der Waals surface area contributed by atoms with Gasteiger partial charge in [-0.05, 0) is 54.8 Å². The molecule has 3 rings (SSSR count). The molecule has 1 aliphatic rings. The van der Waals surface area contributed by atoms with E-state index in [1.807, 2.05) is 0 Å². The fourth-order valence-electron chi connectivity index (χ4n) is 2.95. The predicted octanol–water partition coefficient (Wildman–Crippen LogP) is 3.56. The molecule has 2 aromatic carbocycles. The summed E-state index contributed by atoms with van der Waals surface area (Å²) in [5.74, 6) is -1.44. The monoisotopic (exact) mass is 359 g/mol. The maximum atomic E-state index is 13.0. The number of benzene rings is 2. The number of carbonyl (C=O) groups excluding carboxylic acids is 2. The maximum Gasteiger partial charge on any atom is 0.309 e. The Kier molecular flexibility index (Phi) is 5.61. The summed E-state index contributed by atoms with van der Waals surface area (Å²) in [6.07, 6.45) is 1.05. The number of nitrogens with zero attached hydrogens (tertiary/aromatic N) is 1. The van der Waals surface area contributed by atoms with Gasteiger partial charge in [-0.25, -0.2) is 8.78 Å². The standard InChI is InChI=1S/C20H19F2NO3/c21-17-5-1-14(2-6-17)13-26-20(25)16-9-11-23(12-10-16)19(24)15-3-7-18(22)8-4-15/h1-8,16H,9-13H2. The second-order valence-electron chi connectivity index (χ2n) is 6.31. The average Bonchev–Trinajstić information content (AvgIpc) is 2.67. The number of rotatable bonds is 4. The van der Waals surface area contributed by atoms with Crippen molar-refractivity contribution in [2.45, 2.75) is 19.4 Å². The first-order valence-electron chi connectivity index (χ1n) is 8.49. The van der Waals surface area contributed by atoms with Gasteiger partial charge in [-0.1, -0.05) is 12.1 Å². The highest BCUT2D eigenvalue weighted by molar-refractivity contribution is 5.94. The molecule has 0 spiro atoms. The predicted molar refractivity (Wildman–Crippen MR) is 91.2 cm³/mol. The summed E-state index contributed by atoms with van der Waals surface area (Å²) in [6, 6.07) is 11.2. The molecule has 136 valence electrons. The van der Waals surface area contributed by atoms with Crippen LogP contribution in [0.4, 0.5) is 8.78 Å². The number of ether oxygens (including phenoxy) is 1. The van der Waals surface area contributed by atoms with Gasteiger partial charge in [-0.15, -0.1) is 0 Å². The topological polar surface area (TPSA) is 46.6 Å². The van der Waals surface area contributed by atoms with Gasteiger partial charge in [0.15, 0.2) is 0 Å². The van der Waals surface area contributed by atoms with Crippen molar-refractivity contribution >= 4 is 11.9 Å². The number of piperidine rings is 1. The van der Waals surface area contributed by atoms with E-state index < -0.39 is 0 Å². The first kappa shape index (κ1) is 18.0. The zero-order chi connectivity index (χ0) is 18.5. The van der Waals surface area contributed by atoms with E-state index in [0.717, 1.165) is 5.56 Å². The number of likely N-dealkylation sites (tertiary alicyclic amines) is 1. The van der Waals surface area contributed by atoms with Crippen LogP contribution in [-0.2, 0) is 16.1 Å². The highest BCUT2D eigenvalue weighted by Gasteiger charge is 2.28. The molecule has 1 saturated heterocycles. The fraction of sp³-hybridized carbons (Fsp3) is 0.300. The Balaban J connectivity index is 1.48. The van der Waals surface area contributed by atoms with Crippen LogP contribution in [0.15, 0.2) is 48.5 Å². The normalized spacial score (nSPS) is 14.9. The number of amides is 1. The van der Waals surface area contributed by atoms with Gasteiger partial charge in [0.25, 0.3) is 5.91 Å². The molecule has 0 bridgehead atoms. The van der Waals surface area contributed by atoms with Crippen molar-refractivity contribution in [3.63, 3.8) is 0 Å². The SMILES string of the molecule is O=C(OCc1ccc(F)cc1)C1CCN(C(=O)c2ccc(F)cc2)CC1. The van der Waals surface area contributed by atoms with Crippen molar-refractivity contribution in [2.75, 3.05) is 13.1 Å². The number of hydrogen-bond acceptors (Lipinski definition) is 3. The fourth-order valence-corrected chi connectivity index (χ4v) is 2.95. The lowest BCUT2D eigenvalue weighted by molar-refractivity contribution is -0.151. The van der Waals surface area contributed by atoms with Crippen molar-refractivity contribution in [1.82, 2.24) is 4.90 Å². The third-order valence-electron chi connectivity index (χ3n) is 4.50. The second kappa shape index (κ2) is 8.08. The minimum atomic E-state index is -0.385. The van der Waals surface area contributed by atoms with E-state index in [2.05, 4.69) is 0 Å². The van der Waals surface area contributed by atoms with E-state index in [1.54, 1.807) is 17.0 Å². The van der Waals surface area contributed by atoms with Gasteiger partial charge < -0.3 is 9.64 Å². The first-order chi connectivity index (χ1) is 12.5. The Morgan fingerprint density at radius 3 is 2.04 bits per heavy atom. The quantitative estimate of drug-likeness (QED) is 0.784. The molecule has 4 nitrogen and oxygen atoms in total. The molecular formula is C20H19F2NO3. The van der Waals surface area contributed by atoms with Crippen molar-refractivity contribution in [3.05, 3.63) is 71.3 Å². The average molecular weight is 359 g/mol. The minimum absolute atomic E-state index is 0.105. The number of halogens is 2. The zero-order valence-corrected chi connectivity index (χ0v) is 14.2. The van der Waals surface area contributed by atoms with Crippen LogP contribution in [-0.4, -0.2) is 29.9 Å². The summed E-state index contributed by atoms with van der Waals surface area (Å²) < 4.78 is 31.1. The van der Waals surface area contributed by atoms with Crippen LogP contribution in [0, 0.1) is 17.6 Å². The van der Waals surface area contributed by atoms with Gasteiger partial charge in [0.2, 0.25) is 0 Å². The van der Waals surface area contributed by atoms with Crippen molar-refractivity contribution in [1.29, 1.82) is 0 Å². The van der Waals surface area contributed by atoms with E-state index in [-0.39, 0.29) is 36.0 Å². The van der Waals surface area contributed by atoms with Gasteiger partial charge in [0.1, 0.15) is 18.2 Å². The highest BCUT2D eigenvalue weighted by Crippen LogP contribution is 2.21. The van der Waals surface area contributed by atoms with Crippen LogP contribution in [0.1, 0.15) is 28.8 Å². The molecule has 1 amide bonds. The van der Waals surface area contributed by atoms with E-state index in [0.29, 0.717) is 31.5 Å². The Labute approximate surface area is 150 Å². The van der Waals surface area contributed by atoms with E-state index in [4.69, 9.17) is 4.74 Å². The lowest BCUT2D eigenvalue weighted by Gasteiger charge is -2.31. The van der Waals surface area contributed by atoms with Gasteiger partial charge in [0, 0.05) is 18.7 Å². The number of hydrogen-bond donors (Lipinski definition) is 0. The molecule has 0 radical (unpaired) electrons. The molecule has 0 aliphatic carbocycles. The Bertz CT molecular complexity index is 767. The van der Waals surface area contributed by atoms with Crippen LogP contribution in [0.5, 0.6) is 0 Å². The molecule has 0 aromatic heterocycles. The summed E-state index contributed by atoms with van der Waals surface area (Å²) in [4.78, 5) is 26.2. The molecule has 2 aromatic rings. The summed E-state index contributed by atoms with van der Waals surface area (Å²) >= 11 is 0. The van der Waals surface area contributed by atoms with Gasteiger partial charge >= 0.3 is 5.97 Å². The molecule has 26 heavy (non-hydrogen) atoms. The molecule has 0 saturated carbocycles. The summed E-state index contributed by atoms with van der Waals surface area (Å²) in [6.45, 7) is 1.01. The zero-order valence-electron chi connectivity index (χ0n) is 14.2. The third-order valence-corrected chi connectivity index (χ3v) is 4.50. The highest BCUT2D eigenvalue weighted by atomic mass is 19.1. The second-order valence-corrected chi connectivity index (χ2v) is 6.31. The maximum absolute atomic E-state index is 13.0. The first-order valence-corrected chi connectivity index (χ1v) is 8.49. The minimum Gasteiger partial charge on any atom is -0.461 e. The van der Waals surface area contributed by atoms with Crippen LogP contribution in [0.3, 0.4) is 0 Å². The molecule has 0 N–H and O–H groups in total. The molecule has 0 atom stereocenters. The summed E-state index contributed by atoms with van der Waals surface area (Å²) in [5.41, 5.74) is 1.16. The van der Waals surface area contributed by atoms with Crippen molar-refractivity contribution in [2.24, 2.45) is 5.92 Å². The Hall–Kier alpha value is -2.76. The molecule has 1 fully saturated rings. The molecule has 1 aliphatic heterocycles. The van der Waals surface area contributed by atoms with Crippen LogP contribution < -0.4 is 0 Å². The molecule has 1 heterocycles. The third kappa shape index (κ3) is 4.45. The molecular weight excluding hydrogens is 340 g/mol. The van der Waals surface area contributed by atoms with Gasteiger partial charge in [0.05, 0.1) is 5.92 Å². The van der Waals surface area contributed by atoms with Crippen LogP contribution >= 0.6 is 0 Å². The van der Waals surface area contributed by atoms with Gasteiger partial charge in [-0.3, -0.25) is 9.59 Å². The van der Waals surface area contributed by atoms with Crippen LogP contribution in [0.25, 0.3) is 0 Å².